The first kappa shape index (κ1) is 17.8. The molecule has 0 saturated carbocycles. The summed E-state index contributed by atoms with van der Waals surface area (Å²) in [6, 6.07) is 8.43. The second-order valence-electron chi connectivity index (χ2n) is 6.25. The maximum absolute atomic E-state index is 5.39. The topological polar surface area (TPSA) is 48.9 Å². The Kier molecular flexibility index (Phi) is 7.36. The average Bonchev–Trinajstić information content (AvgIpc) is 2.57. The van der Waals surface area contributed by atoms with E-state index in [1.54, 1.807) is 0 Å². The Bertz CT molecular complexity index is 498. The van der Waals surface area contributed by atoms with Crippen molar-refractivity contribution in [2.75, 3.05) is 46.4 Å². The first-order valence-corrected chi connectivity index (χ1v) is 8.48. The van der Waals surface area contributed by atoms with E-state index in [1.165, 1.54) is 11.1 Å². The molecule has 23 heavy (non-hydrogen) atoms. The molecule has 0 aliphatic carbocycles. The van der Waals surface area contributed by atoms with Gasteiger partial charge in [-0.25, -0.2) is 0 Å². The minimum Gasteiger partial charge on any atom is -0.379 e. The zero-order chi connectivity index (χ0) is 16.5. The van der Waals surface area contributed by atoms with Crippen molar-refractivity contribution in [3.05, 3.63) is 35.4 Å². The molecule has 1 aromatic rings. The van der Waals surface area contributed by atoms with Crippen LogP contribution < -0.4 is 10.6 Å². The van der Waals surface area contributed by atoms with E-state index < -0.39 is 0 Å². The van der Waals surface area contributed by atoms with Gasteiger partial charge >= 0.3 is 0 Å². The average molecular weight is 318 g/mol. The van der Waals surface area contributed by atoms with Gasteiger partial charge in [0.15, 0.2) is 5.96 Å². The summed E-state index contributed by atoms with van der Waals surface area (Å²) in [6.45, 7) is 11.0. The van der Waals surface area contributed by atoms with Crippen LogP contribution >= 0.6 is 0 Å². The molecule has 0 amide bonds. The molecule has 0 aromatic heterocycles. The summed E-state index contributed by atoms with van der Waals surface area (Å²) in [5.74, 6) is 1.44. The second kappa shape index (κ2) is 9.53. The van der Waals surface area contributed by atoms with E-state index in [0.717, 1.165) is 51.9 Å². The summed E-state index contributed by atoms with van der Waals surface area (Å²) in [5, 5.41) is 6.82. The summed E-state index contributed by atoms with van der Waals surface area (Å²) in [4.78, 5) is 6.78. The van der Waals surface area contributed by atoms with E-state index in [4.69, 9.17) is 4.74 Å². The molecule has 0 bridgehead atoms. The molecule has 1 aliphatic rings. The number of hydrogen-bond donors (Lipinski definition) is 2. The molecule has 2 rings (SSSR count). The smallest absolute Gasteiger partial charge is 0.191 e. The van der Waals surface area contributed by atoms with Crippen molar-refractivity contribution in [2.24, 2.45) is 10.9 Å². The molecule has 2 N–H and O–H groups in total. The van der Waals surface area contributed by atoms with Gasteiger partial charge in [0, 0.05) is 39.8 Å². The van der Waals surface area contributed by atoms with Crippen molar-refractivity contribution in [2.45, 2.75) is 20.4 Å². The van der Waals surface area contributed by atoms with Gasteiger partial charge in [-0.05, 0) is 24.0 Å². The lowest BCUT2D eigenvalue weighted by Crippen LogP contribution is -2.43. The van der Waals surface area contributed by atoms with Gasteiger partial charge < -0.3 is 15.4 Å². The lowest BCUT2D eigenvalue weighted by molar-refractivity contribution is 0.0320. The molecule has 128 valence electrons. The van der Waals surface area contributed by atoms with E-state index in [9.17, 15) is 0 Å². The van der Waals surface area contributed by atoms with Crippen LogP contribution in [0.15, 0.2) is 29.3 Å². The van der Waals surface area contributed by atoms with Crippen LogP contribution in [0.1, 0.15) is 18.1 Å². The molecule has 5 nitrogen and oxygen atoms in total. The summed E-state index contributed by atoms with van der Waals surface area (Å²) < 4.78 is 5.39. The Balaban J connectivity index is 1.71. The molecule has 1 unspecified atom stereocenters. The minimum atomic E-state index is 0.574. The molecule has 1 aromatic carbocycles. The Morgan fingerprint density at radius 3 is 2.70 bits per heavy atom. The number of rotatable bonds is 6. The van der Waals surface area contributed by atoms with Gasteiger partial charge in [-0.2, -0.15) is 0 Å². The van der Waals surface area contributed by atoms with Gasteiger partial charge in [0.25, 0.3) is 0 Å². The van der Waals surface area contributed by atoms with E-state index in [-0.39, 0.29) is 0 Å². The highest BCUT2D eigenvalue weighted by Crippen LogP contribution is 2.06. The van der Waals surface area contributed by atoms with Crippen LogP contribution in [-0.2, 0) is 11.3 Å². The third kappa shape index (κ3) is 6.20. The van der Waals surface area contributed by atoms with Crippen LogP contribution in [0.4, 0.5) is 0 Å². The van der Waals surface area contributed by atoms with Crippen LogP contribution in [-0.4, -0.2) is 57.3 Å². The fraction of sp³-hybridized carbons (Fsp3) is 0.611. The number of ether oxygens (including phenoxy) is 1. The molecule has 1 aliphatic heterocycles. The van der Waals surface area contributed by atoms with Gasteiger partial charge in [-0.3, -0.25) is 9.89 Å². The van der Waals surface area contributed by atoms with Crippen LogP contribution in [0.2, 0.25) is 0 Å². The van der Waals surface area contributed by atoms with Crippen LogP contribution in [0.25, 0.3) is 0 Å². The summed E-state index contributed by atoms with van der Waals surface area (Å²) >= 11 is 0. The number of nitrogens with zero attached hydrogens (tertiary/aromatic N) is 2. The maximum atomic E-state index is 5.39. The highest BCUT2D eigenvalue weighted by atomic mass is 16.5. The van der Waals surface area contributed by atoms with Gasteiger partial charge in [0.05, 0.1) is 13.2 Å². The number of hydrogen-bond acceptors (Lipinski definition) is 3. The molecule has 1 saturated heterocycles. The number of benzene rings is 1. The summed E-state index contributed by atoms with van der Waals surface area (Å²) in [7, 11) is 1.82. The number of guanidine groups is 1. The molecular weight excluding hydrogens is 288 g/mol. The van der Waals surface area contributed by atoms with E-state index in [0.29, 0.717) is 5.92 Å². The highest BCUT2D eigenvalue weighted by Gasteiger charge is 2.13. The number of aryl methyl sites for hydroxylation is 1. The zero-order valence-electron chi connectivity index (χ0n) is 14.6. The lowest BCUT2D eigenvalue weighted by Gasteiger charge is -2.29. The fourth-order valence-electron chi connectivity index (χ4n) is 2.77. The van der Waals surface area contributed by atoms with Crippen LogP contribution in [0, 0.1) is 12.8 Å². The zero-order valence-corrected chi connectivity index (χ0v) is 14.6. The molecule has 5 heteroatoms. The van der Waals surface area contributed by atoms with Crippen LogP contribution in [0.3, 0.4) is 0 Å². The number of morpholine rings is 1. The monoisotopic (exact) mass is 318 g/mol. The lowest BCUT2D eigenvalue weighted by atomic mass is 10.1. The maximum Gasteiger partial charge on any atom is 0.191 e. The third-order valence-electron chi connectivity index (χ3n) is 4.22. The second-order valence-corrected chi connectivity index (χ2v) is 6.25. The minimum absolute atomic E-state index is 0.574. The SMILES string of the molecule is CN=C(NCc1ccccc1C)NCC(C)CN1CCOCC1. The Hall–Kier alpha value is -1.59. The van der Waals surface area contributed by atoms with Gasteiger partial charge in [-0.15, -0.1) is 0 Å². The van der Waals surface area contributed by atoms with E-state index in [1.807, 2.05) is 7.05 Å². The predicted octanol–water partition coefficient (Wildman–Crippen LogP) is 1.63. The quantitative estimate of drug-likeness (QED) is 0.618. The Morgan fingerprint density at radius 1 is 1.26 bits per heavy atom. The van der Waals surface area contributed by atoms with Crippen molar-refractivity contribution in [3.63, 3.8) is 0 Å². The highest BCUT2D eigenvalue weighted by molar-refractivity contribution is 5.79. The molecule has 1 heterocycles. The molecule has 0 spiro atoms. The standard InChI is InChI=1S/C18H30N4O/c1-15(14-22-8-10-23-11-9-22)12-20-18(19-3)21-13-17-7-5-4-6-16(17)2/h4-7,15H,8-14H2,1-3H3,(H2,19,20,21). The Labute approximate surface area is 140 Å². The van der Waals surface area contributed by atoms with Crippen molar-refractivity contribution < 1.29 is 4.74 Å². The van der Waals surface area contributed by atoms with Gasteiger partial charge in [-0.1, -0.05) is 31.2 Å². The molecular formula is C18H30N4O. The van der Waals surface area contributed by atoms with Crippen LogP contribution in [0.5, 0.6) is 0 Å². The van der Waals surface area contributed by atoms with Crippen molar-refractivity contribution in [1.82, 2.24) is 15.5 Å². The first-order chi connectivity index (χ1) is 11.2. The number of aliphatic imine (C=N–C) groups is 1. The van der Waals surface area contributed by atoms with Crippen molar-refractivity contribution in [1.29, 1.82) is 0 Å². The van der Waals surface area contributed by atoms with Crippen molar-refractivity contribution >= 4 is 5.96 Å². The van der Waals surface area contributed by atoms with Crippen molar-refractivity contribution in [3.8, 4) is 0 Å². The van der Waals surface area contributed by atoms with E-state index in [2.05, 4.69) is 58.6 Å². The molecule has 1 atom stereocenters. The molecule has 1 fully saturated rings. The fourth-order valence-corrected chi connectivity index (χ4v) is 2.77. The van der Waals surface area contributed by atoms with Gasteiger partial charge in [0.2, 0.25) is 0 Å². The largest absolute Gasteiger partial charge is 0.379 e. The summed E-state index contributed by atoms with van der Waals surface area (Å²) in [6.07, 6.45) is 0. The summed E-state index contributed by atoms with van der Waals surface area (Å²) in [5.41, 5.74) is 2.60. The van der Waals surface area contributed by atoms with E-state index >= 15 is 0 Å². The number of nitrogens with one attached hydrogen (secondary N) is 2. The first-order valence-electron chi connectivity index (χ1n) is 8.48. The predicted molar refractivity (Wildman–Crippen MR) is 95.8 cm³/mol. The van der Waals surface area contributed by atoms with Gasteiger partial charge in [0.1, 0.15) is 0 Å². The molecule has 0 radical (unpaired) electrons. The normalized spacial score (nSPS) is 17.8. The Morgan fingerprint density at radius 2 is 2.00 bits per heavy atom. The third-order valence-corrected chi connectivity index (χ3v) is 4.22.